The molecule has 1 heterocycles. The van der Waals surface area contributed by atoms with E-state index in [4.69, 9.17) is 18.9 Å². The molecule has 378 valence electrons. The summed E-state index contributed by atoms with van der Waals surface area (Å²) in [5, 5.41) is 40.2. The second kappa shape index (κ2) is 45.2. The lowest BCUT2D eigenvalue weighted by Crippen LogP contribution is -2.59. The highest BCUT2D eigenvalue weighted by atomic mass is 16.7. The summed E-state index contributed by atoms with van der Waals surface area (Å²) in [5.74, 6) is -0.794. The Morgan fingerprint density at radius 2 is 0.828 bits per heavy atom. The summed E-state index contributed by atoms with van der Waals surface area (Å²) in [7, 11) is 0. The van der Waals surface area contributed by atoms with E-state index in [1.165, 1.54) is 180 Å². The highest BCUT2D eigenvalue weighted by Crippen LogP contribution is 2.23. The molecule has 0 saturated carbocycles. The van der Waals surface area contributed by atoms with Crippen molar-refractivity contribution in [2.45, 2.75) is 301 Å². The van der Waals surface area contributed by atoms with Crippen LogP contribution in [0.3, 0.4) is 0 Å². The predicted molar refractivity (Wildman–Crippen MR) is 261 cm³/mol. The van der Waals surface area contributed by atoms with E-state index >= 15 is 0 Å². The van der Waals surface area contributed by atoms with Crippen LogP contribution in [-0.2, 0) is 28.5 Å². The lowest BCUT2D eigenvalue weighted by atomic mass is 9.99. The molecule has 0 aromatic heterocycles. The second-order valence-corrected chi connectivity index (χ2v) is 19.0. The average Bonchev–Trinajstić information content (AvgIpc) is 3.29. The minimum Gasteiger partial charge on any atom is -0.462 e. The van der Waals surface area contributed by atoms with Gasteiger partial charge in [-0.1, -0.05) is 225 Å². The first kappa shape index (κ1) is 60.5. The fraction of sp³-hybridized carbons (Fsp3) is 0.926. The first-order valence-electron chi connectivity index (χ1n) is 27.3. The number of allylic oxidation sites excluding steroid dienone is 2. The van der Waals surface area contributed by atoms with Gasteiger partial charge in [-0.2, -0.15) is 0 Å². The van der Waals surface area contributed by atoms with Crippen LogP contribution < -0.4 is 0 Å². The third-order valence-corrected chi connectivity index (χ3v) is 12.9. The number of carbonyl (C=O) groups is 2. The van der Waals surface area contributed by atoms with Crippen molar-refractivity contribution in [2.75, 3.05) is 19.8 Å². The average molecular weight is 911 g/mol. The second-order valence-electron chi connectivity index (χ2n) is 19.0. The zero-order chi connectivity index (χ0) is 46.6. The van der Waals surface area contributed by atoms with Gasteiger partial charge in [-0.3, -0.25) is 9.59 Å². The molecule has 1 saturated heterocycles. The van der Waals surface area contributed by atoms with Crippen LogP contribution in [0.5, 0.6) is 0 Å². The summed E-state index contributed by atoms with van der Waals surface area (Å²) < 4.78 is 22.3. The monoisotopic (exact) mass is 911 g/mol. The van der Waals surface area contributed by atoms with Crippen LogP contribution in [0.15, 0.2) is 12.2 Å². The molecule has 0 aliphatic carbocycles. The van der Waals surface area contributed by atoms with Gasteiger partial charge < -0.3 is 39.4 Å². The number of hydrogen-bond acceptors (Lipinski definition) is 10. The predicted octanol–water partition coefficient (Wildman–Crippen LogP) is 13.1. The summed E-state index contributed by atoms with van der Waals surface area (Å²) in [6, 6.07) is 0. The Kier molecular flexibility index (Phi) is 42.7. The fourth-order valence-corrected chi connectivity index (χ4v) is 8.60. The minimum absolute atomic E-state index is 0.214. The molecule has 0 spiro atoms. The maximum atomic E-state index is 12.9. The van der Waals surface area contributed by atoms with Crippen molar-refractivity contribution in [2.24, 2.45) is 0 Å². The molecule has 10 nitrogen and oxygen atoms in total. The quantitative estimate of drug-likeness (QED) is 0.0264. The van der Waals surface area contributed by atoms with Gasteiger partial charge in [0.2, 0.25) is 0 Å². The zero-order valence-corrected chi connectivity index (χ0v) is 41.6. The maximum Gasteiger partial charge on any atom is 0.306 e. The van der Waals surface area contributed by atoms with E-state index in [-0.39, 0.29) is 32.0 Å². The molecule has 0 radical (unpaired) electrons. The van der Waals surface area contributed by atoms with Gasteiger partial charge in [-0.05, 0) is 38.5 Å². The number of unbranched alkanes of at least 4 members (excludes halogenated alkanes) is 34. The summed E-state index contributed by atoms with van der Waals surface area (Å²) in [6.45, 7) is 3.47. The van der Waals surface area contributed by atoms with Gasteiger partial charge in [0, 0.05) is 12.8 Å². The standard InChI is InChI=1S/C54H102O10/c1-3-5-7-9-11-13-15-17-19-21-22-23-24-25-27-29-31-33-35-37-39-41-43-50(57)63-47(46-62-54-53(60)52(59)51(58)48(44-55)64-54)45-61-49(56)42-40-38-36-34-32-30-28-26-20-18-16-14-12-10-8-6-4-2/h18,20,47-48,51-55,58-60H,3-17,19,21-46H2,1-2H3/b20-18+/t47-,48-,51+,52?,53?,54-/m1/s1. The highest BCUT2D eigenvalue weighted by molar-refractivity contribution is 5.70. The smallest absolute Gasteiger partial charge is 0.306 e. The van der Waals surface area contributed by atoms with E-state index in [0.29, 0.717) is 6.42 Å². The lowest BCUT2D eigenvalue weighted by Gasteiger charge is -2.39. The molecule has 0 aromatic carbocycles. The third-order valence-electron chi connectivity index (χ3n) is 12.9. The largest absolute Gasteiger partial charge is 0.462 e. The van der Waals surface area contributed by atoms with E-state index in [2.05, 4.69) is 26.0 Å². The summed E-state index contributed by atoms with van der Waals surface area (Å²) in [6.07, 6.45) is 43.7. The Hall–Kier alpha value is -1.56. The van der Waals surface area contributed by atoms with Crippen molar-refractivity contribution in [3.8, 4) is 0 Å². The van der Waals surface area contributed by atoms with Crippen molar-refractivity contribution in [1.29, 1.82) is 0 Å². The van der Waals surface area contributed by atoms with Crippen LogP contribution in [0.25, 0.3) is 0 Å². The molecule has 0 amide bonds. The van der Waals surface area contributed by atoms with Gasteiger partial charge >= 0.3 is 11.9 Å². The molecule has 1 aliphatic rings. The fourth-order valence-electron chi connectivity index (χ4n) is 8.60. The summed E-state index contributed by atoms with van der Waals surface area (Å²) in [4.78, 5) is 25.5. The number of esters is 2. The molecule has 0 bridgehead atoms. The van der Waals surface area contributed by atoms with Crippen LogP contribution in [-0.4, -0.2) is 89.0 Å². The van der Waals surface area contributed by atoms with E-state index in [1.54, 1.807) is 0 Å². The molecule has 2 unspecified atom stereocenters. The number of ether oxygens (including phenoxy) is 4. The van der Waals surface area contributed by atoms with Gasteiger partial charge in [-0.15, -0.1) is 0 Å². The Balaban J connectivity index is 2.22. The van der Waals surface area contributed by atoms with E-state index in [9.17, 15) is 30.0 Å². The van der Waals surface area contributed by atoms with Crippen molar-refractivity contribution in [1.82, 2.24) is 0 Å². The number of aliphatic hydroxyl groups excluding tert-OH is 4. The number of aliphatic hydroxyl groups is 4. The maximum absolute atomic E-state index is 12.9. The Morgan fingerprint density at radius 1 is 0.469 bits per heavy atom. The molecule has 1 aliphatic heterocycles. The third kappa shape index (κ3) is 35.6. The van der Waals surface area contributed by atoms with Crippen LogP contribution >= 0.6 is 0 Å². The van der Waals surface area contributed by atoms with Crippen molar-refractivity contribution in [3.63, 3.8) is 0 Å². The SMILES string of the molecule is CCCCCCCC/C=C/CCCCCCCCCC(=O)OC[C@H](CO[C@@H]1O[C@H](CO)[C@H](O)C(O)C1O)OC(=O)CCCCCCCCCCCCCCCCCCCCCCCC. The van der Waals surface area contributed by atoms with Crippen molar-refractivity contribution >= 4 is 11.9 Å². The number of hydrogen-bond donors (Lipinski definition) is 4. The molecule has 6 atom stereocenters. The van der Waals surface area contributed by atoms with E-state index < -0.39 is 49.4 Å². The van der Waals surface area contributed by atoms with Gasteiger partial charge in [0.1, 0.15) is 31.0 Å². The molecule has 4 N–H and O–H groups in total. The molecular weight excluding hydrogens is 809 g/mol. The lowest BCUT2D eigenvalue weighted by molar-refractivity contribution is -0.305. The normalized spacial score (nSPS) is 19.4. The molecule has 10 heteroatoms. The van der Waals surface area contributed by atoms with E-state index in [0.717, 1.165) is 51.4 Å². The summed E-state index contributed by atoms with van der Waals surface area (Å²) in [5.41, 5.74) is 0. The summed E-state index contributed by atoms with van der Waals surface area (Å²) >= 11 is 0. The van der Waals surface area contributed by atoms with Crippen LogP contribution in [0.4, 0.5) is 0 Å². The molecule has 1 fully saturated rings. The molecular formula is C54H102O10. The first-order chi connectivity index (χ1) is 31.3. The highest BCUT2D eigenvalue weighted by Gasteiger charge is 2.44. The number of carbonyl (C=O) groups excluding carboxylic acids is 2. The van der Waals surface area contributed by atoms with E-state index in [1.807, 2.05) is 0 Å². The molecule has 0 aromatic rings. The zero-order valence-electron chi connectivity index (χ0n) is 41.6. The van der Waals surface area contributed by atoms with Gasteiger partial charge in [0.25, 0.3) is 0 Å². The van der Waals surface area contributed by atoms with Gasteiger partial charge in [0.05, 0.1) is 13.2 Å². The van der Waals surface area contributed by atoms with Crippen LogP contribution in [0, 0.1) is 0 Å². The molecule has 64 heavy (non-hydrogen) atoms. The van der Waals surface area contributed by atoms with Crippen molar-refractivity contribution < 1.29 is 49.0 Å². The minimum atomic E-state index is -1.59. The first-order valence-corrected chi connectivity index (χ1v) is 27.3. The van der Waals surface area contributed by atoms with Gasteiger partial charge in [0.15, 0.2) is 12.4 Å². The Morgan fingerprint density at radius 3 is 1.22 bits per heavy atom. The topological polar surface area (TPSA) is 152 Å². The van der Waals surface area contributed by atoms with Crippen LogP contribution in [0.2, 0.25) is 0 Å². The molecule has 1 rings (SSSR count). The van der Waals surface area contributed by atoms with Crippen LogP contribution in [0.1, 0.15) is 264 Å². The Labute approximate surface area is 392 Å². The number of rotatable bonds is 47. The van der Waals surface area contributed by atoms with Crippen molar-refractivity contribution in [3.05, 3.63) is 12.2 Å². The Bertz CT molecular complexity index is 1050. The van der Waals surface area contributed by atoms with Gasteiger partial charge in [-0.25, -0.2) is 0 Å².